The summed E-state index contributed by atoms with van der Waals surface area (Å²) in [6.45, 7) is 2.05. The first kappa shape index (κ1) is 20.9. The van der Waals surface area contributed by atoms with Gasteiger partial charge in [-0.25, -0.2) is 4.98 Å². The average molecular weight is 432 g/mol. The molecule has 0 N–H and O–H groups in total. The molecule has 0 atom stereocenters. The Morgan fingerprint density at radius 1 is 0.900 bits per heavy atom. The topological polar surface area (TPSA) is 22.1 Å². The quantitative estimate of drug-likeness (QED) is 0.424. The monoisotopic (exact) mass is 431 g/mol. The van der Waals surface area contributed by atoms with Crippen LogP contribution in [0.1, 0.15) is 42.2 Å². The third-order valence-electron chi connectivity index (χ3n) is 5.86. The standard InChI is InChI=1S/C24H24F3NOS/c1-15-3-5-17(6-4-15)22-21(16-9-13-20(29-2)14-10-16)28-23(30-22)18-7-11-19(12-8-18)24(25,26)27/h3-6,9-10,13-14,18-19H,7-8,11-12H2,1-2H3. The highest BCUT2D eigenvalue weighted by Crippen LogP contribution is 2.46. The highest BCUT2D eigenvalue weighted by atomic mass is 32.1. The minimum atomic E-state index is -4.09. The van der Waals surface area contributed by atoms with E-state index in [1.165, 1.54) is 5.56 Å². The Bertz CT molecular complexity index is 985. The summed E-state index contributed by atoms with van der Waals surface area (Å²) in [5.74, 6) is -0.312. The first-order valence-electron chi connectivity index (χ1n) is 10.1. The molecule has 0 amide bonds. The first-order chi connectivity index (χ1) is 14.3. The minimum absolute atomic E-state index is 0.0878. The highest BCUT2D eigenvalue weighted by molar-refractivity contribution is 7.15. The molecule has 1 aliphatic carbocycles. The van der Waals surface area contributed by atoms with Crippen LogP contribution in [-0.2, 0) is 0 Å². The fourth-order valence-electron chi connectivity index (χ4n) is 4.02. The molecule has 6 heteroatoms. The van der Waals surface area contributed by atoms with Gasteiger partial charge in [-0.3, -0.25) is 0 Å². The molecule has 0 bridgehead atoms. The van der Waals surface area contributed by atoms with Gasteiger partial charge in [0.05, 0.1) is 28.6 Å². The summed E-state index contributed by atoms with van der Waals surface area (Å²) < 4.78 is 44.4. The molecule has 0 spiro atoms. The Kier molecular flexibility index (Phi) is 5.87. The van der Waals surface area contributed by atoms with E-state index in [0.717, 1.165) is 32.5 Å². The van der Waals surface area contributed by atoms with Gasteiger partial charge in [0, 0.05) is 11.5 Å². The van der Waals surface area contributed by atoms with Crippen molar-refractivity contribution in [3.8, 4) is 27.4 Å². The van der Waals surface area contributed by atoms with Crippen LogP contribution in [0.5, 0.6) is 5.75 Å². The van der Waals surface area contributed by atoms with E-state index in [1.54, 1.807) is 18.4 Å². The lowest BCUT2D eigenvalue weighted by atomic mass is 9.82. The number of hydrogen-bond donors (Lipinski definition) is 0. The van der Waals surface area contributed by atoms with Crippen molar-refractivity contribution in [2.45, 2.75) is 44.7 Å². The second-order valence-electron chi connectivity index (χ2n) is 7.91. The Hall–Kier alpha value is -2.34. The maximum atomic E-state index is 13.1. The summed E-state index contributed by atoms with van der Waals surface area (Å²) in [6, 6.07) is 16.1. The summed E-state index contributed by atoms with van der Waals surface area (Å²) in [6.07, 6.45) is -2.65. The molecule has 0 saturated heterocycles. The lowest BCUT2D eigenvalue weighted by Crippen LogP contribution is -2.27. The lowest BCUT2D eigenvalue weighted by Gasteiger charge is -2.28. The molecule has 1 saturated carbocycles. The largest absolute Gasteiger partial charge is 0.497 e. The number of rotatable bonds is 4. The number of ether oxygens (including phenoxy) is 1. The molecular formula is C24H24F3NOS. The smallest absolute Gasteiger partial charge is 0.391 e. The Morgan fingerprint density at radius 2 is 1.50 bits per heavy atom. The van der Waals surface area contributed by atoms with E-state index in [1.807, 2.05) is 31.2 Å². The second-order valence-corrected chi connectivity index (χ2v) is 8.95. The SMILES string of the molecule is COc1ccc(-c2nc(C3CCC(C(F)(F)F)CC3)sc2-c2ccc(C)cc2)cc1. The van der Waals surface area contributed by atoms with Gasteiger partial charge in [0.2, 0.25) is 0 Å². The zero-order valence-corrected chi connectivity index (χ0v) is 17.8. The van der Waals surface area contributed by atoms with Crippen molar-refractivity contribution in [1.29, 1.82) is 0 Å². The van der Waals surface area contributed by atoms with Gasteiger partial charge in [-0.15, -0.1) is 11.3 Å². The van der Waals surface area contributed by atoms with Gasteiger partial charge in [0.1, 0.15) is 5.75 Å². The Labute approximate surface area is 178 Å². The molecule has 1 fully saturated rings. The summed E-state index contributed by atoms with van der Waals surface area (Å²) >= 11 is 1.61. The van der Waals surface area contributed by atoms with E-state index in [4.69, 9.17) is 9.72 Å². The summed E-state index contributed by atoms with van der Waals surface area (Å²) in [5, 5.41) is 0.942. The molecule has 1 aliphatic rings. The zero-order valence-electron chi connectivity index (χ0n) is 17.0. The number of aryl methyl sites for hydroxylation is 1. The highest BCUT2D eigenvalue weighted by Gasteiger charge is 2.42. The maximum absolute atomic E-state index is 13.1. The van der Waals surface area contributed by atoms with Crippen LogP contribution in [0.15, 0.2) is 48.5 Å². The zero-order chi connectivity index (χ0) is 21.3. The molecule has 3 aromatic rings. The molecule has 30 heavy (non-hydrogen) atoms. The predicted molar refractivity (Wildman–Crippen MR) is 115 cm³/mol. The number of benzene rings is 2. The van der Waals surface area contributed by atoms with Crippen molar-refractivity contribution in [1.82, 2.24) is 4.98 Å². The van der Waals surface area contributed by atoms with Gasteiger partial charge < -0.3 is 4.74 Å². The minimum Gasteiger partial charge on any atom is -0.497 e. The molecule has 0 radical (unpaired) electrons. The van der Waals surface area contributed by atoms with Crippen LogP contribution < -0.4 is 4.74 Å². The number of aromatic nitrogens is 1. The fourth-order valence-corrected chi connectivity index (χ4v) is 5.29. The Morgan fingerprint density at radius 3 is 2.07 bits per heavy atom. The normalized spacial score (nSPS) is 19.6. The average Bonchev–Trinajstić information content (AvgIpc) is 3.19. The molecular weight excluding hydrogens is 407 g/mol. The van der Waals surface area contributed by atoms with Crippen LogP contribution in [0.3, 0.4) is 0 Å². The van der Waals surface area contributed by atoms with Crippen LogP contribution in [0.2, 0.25) is 0 Å². The fraction of sp³-hybridized carbons (Fsp3) is 0.375. The van der Waals surface area contributed by atoms with Crippen LogP contribution in [0.25, 0.3) is 21.7 Å². The number of alkyl halides is 3. The number of hydrogen-bond acceptors (Lipinski definition) is 3. The van der Waals surface area contributed by atoms with Gasteiger partial charge in [-0.2, -0.15) is 13.2 Å². The Balaban J connectivity index is 1.68. The van der Waals surface area contributed by atoms with E-state index in [-0.39, 0.29) is 18.8 Å². The van der Waals surface area contributed by atoms with Gasteiger partial charge in [-0.05, 0) is 62.4 Å². The van der Waals surface area contributed by atoms with Gasteiger partial charge in [0.25, 0.3) is 0 Å². The van der Waals surface area contributed by atoms with E-state index in [0.29, 0.717) is 12.8 Å². The second kappa shape index (κ2) is 8.42. The van der Waals surface area contributed by atoms with Crippen molar-refractivity contribution in [2.24, 2.45) is 5.92 Å². The van der Waals surface area contributed by atoms with Crippen LogP contribution in [-0.4, -0.2) is 18.3 Å². The summed E-state index contributed by atoms with van der Waals surface area (Å²) in [5.41, 5.74) is 4.14. The number of methoxy groups -OCH3 is 1. The van der Waals surface area contributed by atoms with Gasteiger partial charge in [0.15, 0.2) is 0 Å². The van der Waals surface area contributed by atoms with Crippen LogP contribution in [0.4, 0.5) is 13.2 Å². The van der Waals surface area contributed by atoms with Crippen molar-refractivity contribution in [3.05, 3.63) is 59.1 Å². The van der Waals surface area contributed by atoms with Gasteiger partial charge >= 0.3 is 6.18 Å². The molecule has 0 aliphatic heterocycles. The molecule has 1 heterocycles. The maximum Gasteiger partial charge on any atom is 0.391 e. The predicted octanol–water partition coefficient (Wildman–Crippen LogP) is 7.63. The molecule has 1 aromatic heterocycles. The molecule has 2 aromatic carbocycles. The van der Waals surface area contributed by atoms with Crippen LogP contribution >= 0.6 is 11.3 Å². The third-order valence-corrected chi connectivity index (χ3v) is 7.13. The lowest BCUT2D eigenvalue weighted by molar-refractivity contribution is -0.182. The number of halogens is 3. The van der Waals surface area contributed by atoms with E-state index in [2.05, 4.69) is 24.3 Å². The van der Waals surface area contributed by atoms with Crippen LogP contribution in [0, 0.1) is 12.8 Å². The molecule has 4 rings (SSSR count). The summed E-state index contributed by atoms with van der Waals surface area (Å²) in [4.78, 5) is 6.01. The van der Waals surface area contributed by atoms with Crippen molar-refractivity contribution < 1.29 is 17.9 Å². The van der Waals surface area contributed by atoms with E-state index >= 15 is 0 Å². The number of nitrogens with zero attached hydrogens (tertiary/aromatic N) is 1. The van der Waals surface area contributed by atoms with Crippen molar-refractivity contribution >= 4 is 11.3 Å². The van der Waals surface area contributed by atoms with Crippen molar-refractivity contribution in [2.75, 3.05) is 7.11 Å². The summed E-state index contributed by atoms with van der Waals surface area (Å²) in [7, 11) is 1.63. The van der Waals surface area contributed by atoms with Gasteiger partial charge in [-0.1, -0.05) is 29.8 Å². The third kappa shape index (κ3) is 4.38. The van der Waals surface area contributed by atoms with E-state index < -0.39 is 12.1 Å². The van der Waals surface area contributed by atoms with E-state index in [9.17, 15) is 13.2 Å². The first-order valence-corrected chi connectivity index (χ1v) is 11.0. The molecule has 2 nitrogen and oxygen atoms in total. The molecule has 0 unspecified atom stereocenters. The number of thiazole rings is 1. The molecule has 158 valence electrons. The van der Waals surface area contributed by atoms with Crippen molar-refractivity contribution in [3.63, 3.8) is 0 Å².